The minimum atomic E-state index is 0.626. The number of aliphatic imine (C=N–C) groups is 1. The number of hydrogen-bond acceptors (Lipinski definition) is 3. The molecule has 25 heavy (non-hydrogen) atoms. The molecule has 0 N–H and O–H groups in total. The summed E-state index contributed by atoms with van der Waals surface area (Å²) in [4.78, 5) is 6.71. The molecule has 0 aliphatic rings. The predicted molar refractivity (Wildman–Crippen MR) is 105 cm³/mol. The molecule has 2 aromatic carbocycles. The topological polar surface area (TPSA) is 29.8 Å². The Hall–Kier alpha value is -3.01. The van der Waals surface area contributed by atoms with E-state index in [-0.39, 0.29) is 0 Å². The Morgan fingerprint density at radius 2 is 1.76 bits per heavy atom. The average Bonchev–Trinajstić information content (AvgIpc) is 3.10. The molecule has 0 saturated heterocycles. The van der Waals surface area contributed by atoms with E-state index < -0.39 is 0 Å². The summed E-state index contributed by atoms with van der Waals surface area (Å²) in [5.41, 5.74) is 4.14. The van der Waals surface area contributed by atoms with Crippen LogP contribution < -0.4 is 9.64 Å². The van der Waals surface area contributed by atoms with Crippen LogP contribution in [0.15, 0.2) is 71.9 Å². The highest BCUT2D eigenvalue weighted by Gasteiger charge is 2.04. The average molecular weight is 333 g/mol. The van der Waals surface area contributed by atoms with Gasteiger partial charge in [0.05, 0.1) is 18.5 Å². The van der Waals surface area contributed by atoms with Crippen molar-refractivity contribution in [1.29, 1.82) is 0 Å². The molecule has 0 spiro atoms. The third-order valence-electron chi connectivity index (χ3n) is 3.93. The molecule has 0 aliphatic heterocycles. The van der Waals surface area contributed by atoms with Crippen molar-refractivity contribution in [3.05, 3.63) is 72.6 Å². The van der Waals surface area contributed by atoms with Gasteiger partial charge in [-0.25, -0.2) is 0 Å². The van der Waals surface area contributed by atoms with Crippen LogP contribution in [0, 0.1) is 0 Å². The van der Waals surface area contributed by atoms with Gasteiger partial charge in [0, 0.05) is 31.7 Å². The van der Waals surface area contributed by atoms with Gasteiger partial charge in [-0.2, -0.15) is 0 Å². The lowest BCUT2D eigenvalue weighted by Crippen LogP contribution is -2.08. The summed E-state index contributed by atoms with van der Waals surface area (Å²) in [5.74, 6) is 0.801. The minimum Gasteiger partial charge on any atom is -0.492 e. The Labute approximate surface area is 149 Å². The lowest BCUT2D eigenvalue weighted by Gasteiger charge is -2.13. The summed E-state index contributed by atoms with van der Waals surface area (Å²) in [6, 6.07) is 20.3. The lowest BCUT2D eigenvalue weighted by atomic mass is 10.2. The van der Waals surface area contributed by atoms with E-state index in [4.69, 9.17) is 4.74 Å². The zero-order chi connectivity index (χ0) is 17.6. The standard InChI is InChI=1S/C21H23N3O/c1-4-25-21-10-6-5-9-20(21)22-16-19-8-7-15-24(19)18-13-11-17(12-14-18)23(2)3/h5-16H,4H2,1-3H3. The van der Waals surface area contributed by atoms with Crippen LogP contribution in [0.25, 0.3) is 5.69 Å². The zero-order valence-electron chi connectivity index (χ0n) is 14.9. The summed E-state index contributed by atoms with van der Waals surface area (Å²) in [5, 5.41) is 0. The molecule has 0 bridgehead atoms. The van der Waals surface area contributed by atoms with Crippen molar-refractivity contribution in [2.24, 2.45) is 4.99 Å². The summed E-state index contributed by atoms with van der Waals surface area (Å²) in [7, 11) is 4.08. The number of benzene rings is 2. The Kier molecular flexibility index (Phi) is 5.19. The maximum Gasteiger partial charge on any atom is 0.144 e. The molecule has 3 rings (SSSR count). The van der Waals surface area contributed by atoms with Crippen molar-refractivity contribution in [1.82, 2.24) is 4.57 Å². The Morgan fingerprint density at radius 3 is 2.48 bits per heavy atom. The van der Waals surface area contributed by atoms with E-state index >= 15 is 0 Å². The molecule has 3 aromatic rings. The molecule has 0 amide bonds. The van der Waals surface area contributed by atoms with Crippen LogP contribution in [-0.4, -0.2) is 31.5 Å². The smallest absolute Gasteiger partial charge is 0.144 e. The van der Waals surface area contributed by atoms with Gasteiger partial charge in [-0.15, -0.1) is 0 Å². The minimum absolute atomic E-state index is 0.626. The van der Waals surface area contributed by atoms with Crippen LogP contribution in [0.1, 0.15) is 12.6 Å². The summed E-state index contributed by atoms with van der Waals surface area (Å²) >= 11 is 0. The highest BCUT2D eigenvalue weighted by Crippen LogP contribution is 2.27. The third kappa shape index (κ3) is 3.91. The number of anilines is 1. The predicted octanol–water partition coefficient (Wildman–Crippen LogP) is 4.69. The van der Waals surface area contributed by atoms with E-state index in [0.717, 1.165) is 22.8 Å². The van der Waals surface area contributed by atoms with E-state index in [2.05, 4.69) is 38.7 Å². The first-order valence-corrected chi connectivity index (χ1v) is 8.40. The van der Waals surface area contributed by atoms with Gasteiger partial charge in [-0.1, -0.05) is 12.1 Å². The molecule has 4 heteroatoms. The number of ether oxygens (including phenoxy) is 1. The highest BCUT2D eigenvalue weighted by molar-refractivity contribution is 5.82. The largest absolute Gasteiger partial charge is 0.492 e. The van der Waals surface area contributed by atoms with Crippen LogP contribution in [0.4, 0.5) is 11.4 Å². The second-order valence-corrected chi connectivity index (χ2v) is 5.87. The maximum absolute atomic E-state index is 5.63. The van der Waals surface area contributed by atoms with Crippen LogP contribution in [0.5, 0.6) is 5.75 Å². The number of nitrogens with zero attached hydrogens (tertiary/aromatic N) is 3. The molecule has 0 aliphatic carbocycles. The summed E-state index contributed by atoms with van der Waals surface area (Å²) in [6.45, 7) is 2.60. The molecule has 128 valence electrons. The van der Waals surface area contributed by atoms with E-state index in [1.807, 2.05) is 69.8 Å². The Bertz CT molecular complexity index is 848. The van der Waals surface area contributed by atoms with Crippen molar-refractivity contribution in [3.63, 3.8) is 0 Å². The fourth-order valence-corrected chi connectivity index (χ4v) is 2.62. The first kappa shape index (κ1) is 16.8. The van der Waals surface area contributed by atoms with Gasteiger partial charge in [0.1, 0.15) is 11.4 Å². The van der Waals surface area contributed by atoms with Crippen LogP contribution in [0.3, 0.4) is 0 Å². The second-order valence-electron chi connectivity index (χ2n) is 5.87. The molecule has 0 fully saturated rings. The number of rotatable bonds is 6. The van der Waals surface area contributed by atoms with E-state index in [1.165, 1.54) is 5.69 Å². The van der Waals surface area contributed by atoms with Crippen molar-refractivity contribution >= 4 is 17.6 Å². The first-order valence-electron chi connectivity index (χ1n) is 8.40. The quantitative estimate of drug-likeness (QED) is 0.612. The van der Waals surface area contributed by atoms with Gasteiger partial charge in [0.15, 0.2) is 0 Å². The Morgan fingerprint density at radius 1 is 1.00 bits per heavy atom. The van der Waals surface area contributed by atoms with Crippen molar-refractivity contribution < 1.29 is 4.74 Å². The molecular formula is C21H23N3O. The molecule has 4 nitrogen and oxygen atoms in total. The number of aromatic nitrogens is 1. The van der Waals surface area contributed by atoms with Crippen LogP contribution in [-0.2, 0) is 0 Å². The molecule has 1 aromatic heterocycles. The maximum atomic E-state index is 5.63. The van der Waals surface area contributed by atoms with Gasteiger partial charge in [0.25, 0.3) is 0 Å². The normalized spacial score (nSPS) is 11.0. The molecule has 0 unspecified atom stereocenters. The van der Waals surface area contributed by atoms with Gasteiger partial charge in [-0.3, -0.25) is 4.99 Å². The van der Waals surface area contributed by atoms with Gasteiger partial charge in [-0.05, 0) is 55.5 Å². The fraction of sp³-hybridized carbons (Fsp3) is 0.190. The van der Waals surface area contributed by atoms with Crippen LogP contribution in [0.2, 0.25) is 0 Å². The number of hydrogen-bond donors (Lipinski definition) is 0. The summed E-state index contributed by atoms with van der Waals surface area (Å²) in [6.07, 6.45) is 3.91. The first-order chi connectivity index (χ1) is 12.2. The van der Waals surface area contributed by atoms with Gasteiger partial charge in [0.2, 0.25) is 0 Å². The van der Waals surface area contributed by atoms with E-state index in [1.54, 1.807) is 0 Å². The fourth-order valence-electron chi connectivity index (χ4n) is 2.62. The highest BCUT2D eigenvalue weighted by atomic mass is 16.5. The van der Waals surface area contributed by atoms with Gasteiger partial charge >= 0.3 is 0 Å². The molecular weight excluding hydrogens is 310 g/mol. The zero-order valence-corrected chi connectivity index (χ0v) is 14.9. The lowest BCUT2D eigenvalue weighted by molar-refractivity contribution is 0.341. The molecule has 0 saturated carbocycles. The second kappa shape index (κ2) is 7.71. The molecule has 1 heterocycles. The van der Waals surface area contributed by atoms with Crippen molar-refractivity contribution in [3.8, 4) is 11.4 Å². The molecule has 0 radical (unpaired) electrons. The summed E-state index contributed by atoms with van der Waals surface area (Å²) < 4.78 is 7.75. The third-order valence-corrected chi connectivity index (χ3v) is 3.93. The van der Waals surface area contributed by atoms with Crippen LogP contribution >= 0.6 is 0 Å². The number of para-hydroxylation sites is 2. The molecule has 0 atom stereocenters. The SMILES string of the molecule is CCOc1ccccc1N=Cc1cccn1-c1ccc(N(C)C)cc1. The Balaban J connectivity index is 1.87. The van der Waals surface area contributed by atoms with Crippen molar-refractivity contribution in [2.75, 3.05) is 25.6 Å². The van der Waals surface area contributed by atoms with E-state index in [0.29, 0.717) is 6.61 Å². The monoisotopic (exact) mass is 333 g/mol. The van der Waals surface area contributed by atoms with Crippen molar-refractivity contribution in [2.45, 2.75) is 6.92 Å². The van der Waals surface area contributed by atoms with E-state index in [9.17, 15) is 0 Å². The van der Waals surface area contributed by atoms with Gasteiger partial charge < -0.3 is 14.2 Å².